The van der Waals surface area contributed by atoms with Crippen molar-refractivity contribution in [2.75, 3.05) is 46.3 Å². The van der Waals surface area contributed by atoms with E-state index in [1.54, 1.807) is 12.1 Å². The average Bonchev–Trinajstić information content (AvgIpc) is 2.91. The number of rotatable bonds is 6. The van der Waals surface area contributed by atoms with Crippen LogP contribution in [0.25, 0.3) is 0 Å². The fourth-order valence-electron chi connectivity index (χ4n) is 2.10. The second-order valence-electron chi connectivity index (χ2n) is 4.50. The zero-order valence-corrected chi connectivity index (χ0v) is 12.7. The minimum Gasteiger partial charge on any atom is -0.493 e. The molecule has 0 bridgehead atoms. The van der Waals surface area contributed by atoms with Gasteiger partial charge in [0, 0.05) is 17.8 Å². The van der Waals surface area contributed by atoms with Gasteiger partial charge in [-0.1, -0.05) is 0 Å². The maximum absolute atomic E-state index is 12.0. The predicted octanol–water partition coefficient (Wildman–Crippen LogP) is 1.10. The molecule has 0 unspecified atom stereocenters. The molecule has 2 amide bonds. The number of anilines is 1. The van der Waals surface area contributed by atoms with Gasteiger partial charge in [-0.2, -0.15) is 0 Å². The van der Waals surface area contributed by atoms with Gasteiger partial charge in [0.05, 0.1) is 27.9 Å². The zero-order chi connectivity index (χ0) is 16.1. The van der Waals surface area contributed by atoms with Crippen LogP contribution in [0.3, 0.4) is 0 Å². The molecule has 0 aromatic heterocycles. The Morgan fingerprint density at radius 1 is 1.23 bits per heavy atom. The quantitative estimate of drug-likeness (QED) is 0.847. The van der Waals surface area contributed by atoms with Gasteiger partial charge in [-0.25, -0.2) is 4.79 Å². The van der Waals surface area contributed by atoms with E-state index >= 15 is 0 Å². The van der Waals surface area contributed by atoms with Gasteiger partial charge in [0.15, 0.2) is 11.5 Å². The molecule has 0 radical (unpaired) electrons. The van der Waals surface area contributed by atoms with E-state index in [-0.39, 0.29) is 12.5 Å². The number of cyclic esters (lactones) is 1. The molecule has 1 N–H and O–H groups in total. The number of benzene rings is 1. The Morgan fingerprint density at radius 3 is 2.32 bits per heavy atom. The van der Waals surface area contributed by atoms with Crippen LogP contribution >= 0.6 is 0 Å². The first-order valence-corrected chi connectivity index (χ1v) is 6.60. The first-order chi connectivity index (χ1) is 10.6. The van der Waals surface area contributed by atoms with E-state index in [0.717, 1.165) is 0 Å². The summed E-state index contributed by atoms with van der Waals surface area (Å²) in [6.07, 6.45) is -0.486. The van der Waals surface area contributed by atoms with Crippen molar-refractivity contribution in [1.29, 1.82) is 0 Å². The van der Waals surface area contributed by atoms with Gasteiger partial charge in [-0.05, 0) is 0 Å². The lowest BCUT2D eigenvalue weighted by Gasteiger charge is -2.16. The Balaban J connectivity index is 2.11. The number of ether oxygens (including phenoxy) is 4. The molecule has 1 aliphatic rings. The fourth-order valence-corrected chi connectivity index (χ4v) is 2.10. The third-order valence-electron chi connectivity index (χ3n) is 3.13. The molecule has 0 atom stereocenters. The Morgan fingerprint density at radius 2 is 1.86 bits per heavy atom. The molecular weight excluding hydrogens is 292 g/mol. The molecule has 1 aromatic rings. The summed E-state index contributed by atoms with van der Waals surface area (Å²) in [5, 5.41) is 2.69. The van der Waals surface area contributed by atoms with E-state index in [0.29, 0.717) is 36.1 Å². The molecule has 1 saturated heterocycles. The van der Waals surface area contributed by atoms with E-state index in [4.69, 9.17) is 18.9 Å². The lowest BCUT2D eigenvalue weighted by atomic mass is 10.2. The lowest BCUT2D eigenvalue weighted by Crippen LogP contribution is -2.33. The maximum Gasteiger partial charge on any atom is 0.410 e. The first-order valence-electron chi connectivity index (χ1n) is 6.60. The predicted molar refractivity (Wildman–Crippen MR) is 77.6 cm³/mol. The van der Waals surface area contributed by atoms with E-state index in [2.05, 4.69) is 5.32 Å². The number of amides is 2. The molecule has 22 heavy (non-hydrogen) atoms. The SMILES string of the molecule is COc1cc(NC(=O)CN2CCOC2=O)cc(OC)c1OC. The zero-order valence-electron chi connectivity index (χ0n) is 12.7. The summed E-state index contributed by atoms with van der Waals surface area (Å²) < 4.78 is 20.4. The van der Waals surface area contributed by atoms with Gasteiger partial charge >= 0.3 is 6.09 Å². The minimum absolute atomic E-state index is 0.0739. The maximum atomic E-state index is 12.0. The number of nitrogens with one attached hydrogen (secondary N) is 1. The topological polar surface area (TPSA) is 86.3 Å². The molecule has 0 aliphatic carbocycles. The van der Waals surface area contributed by atoms with Crippen LogP contribution in [-0.4, -0.2) is 57.9 Å². The van der Waals surface area contributed by atoms with Crippen molar-refractivity contribution >= 4 is 17.7 Å². The summed E-state index contributed by atoms with van der Waals surface area (Å²) >= 11 is 0. The Bertz CT molecular complexity index is 549. The van der Waals surface area contributed by atoms with Crippen LogP contribution in [0.5, 0.6) is 17.2 Å². The second-order valence-corrected chi connectivity index (χ2v) is 4.50. The van der Waals surface area contributed by atoms with Gasteiger partial charge in [0.25, 0.3) is 0 Å². The summed E-state index contributed by atoms with van der Waals surface area (Å²) in [7, 11) is 4.48. The van der Waals surface area contributed by atoms with Gasteiger partial charge in [-0.15, -0.1) is 0 Å². The highest BCUT2D eigenvalue weighted by Crippen LogP contribution is 2.39. The molecule has 2 rings (SSSR count). The Labute approximate surface area is 127 Å². The smallest absolute Gasteiger partial charge is 0.410 e. The summed E-state index contributed by atoms with van der Waals surface area (Å²) in [6, 6.07) is 3.23. The molecular formula is C14H18N2O6. The number of hydrogen-bond donors (Lipinski definition) is 1. The molecule has 8 nitrogen and oxygen atoms in total. The summed E-state index contributed by atoms with van der Waals surface area (Å²) in [5.41, 5.74) is 0.479. The van der Waals surface area contributed by atoms with Crippen LogP contribution in [0, 0.1) is 0 Å². The summed E-state index contributed by atoms with van der Waals surface area (Å²) in [4.78, 5) is 24.6. The lowest BCUT2D eigenvalue weighted by molar-refractivity contribution is -0.116. The number of methoxy groups -OCH3 is 3. The second kappa shape index (κ2) is 6.88. The average molecular weight is 310 g/mol. The Kier molecular flexibility index (Phi) is 4.92. The van der Waals surface area contributed by atoms with Crippen molar-refractivity contribution < 1.29 is 28.5 Å². The fraction of sp³-hybridized carbons (Fsp3) is 0.429. The Hall–Kier alpha value is -2.64. The molecule has 0 spiro atoms. The molecule has 1 heterocycles. The third kappa shape index (κ3) is 3.33. The van der Waals surface area contributed by atoms with Gasteiger partial charge in [-0.3, -0.25) is 9.69 Å². The minimum atomic E-state index is -0.486. The van der Waals surface area contributed by atoms with Crippen LogP contribution in [0.1, 0.15) is 0 Å². The van der Waals surface area contributed by atoms with Gasteiger partial charge in [0.1, 0.15) is 13.2 Å². The number of carbonyl (C=O) groups is 2. The van der Waals surface area contributed by atoms with Crippen LogP contribution in [-0.2, 0) is 9.53 Å². The molecule has 1 fully saturated rings. The highest BCUT2D eigenvalue weighted by Gasteiger charge is 2.24. The monoisotopic (exact) mass is 310 g/mol. The third-order valence-corrected chi connectivity index (χ3v) is 3.13. The normalized spacial score (nSPS) is 13.6. The van der Waals surface area contributed by atoms with Crippen molar-refractivity contribution in [2.45, 2.75) is 0 Å². The van der Waals surface area contributed by atoms with E-state index in [9.17, 15) is 9.59 Å². The molecule has 0 saturated carbocycles. The highest BCUT2D eigenvalue weighted by atomic mass is 16.6. The van der Waals surface area contributed by atoms with E-state index < -0.39 is 6.09 Å². The summed E-state index contributed by atoms with van der Waals surface area (Å²) in [6.45, 7) is 0.632. The number of nitrogens with zero attached hydrogens (tertiary/aromatic N) is 1. The van der Waals surface area contributed by atoms with Crippen molar-refractivity contribution in [3.63, 3.8) is 0 Å². The van der Waals surface area contributed by atoms with Crippen LogP contribution in [0.4, 0.5) is 10.5 Å². The van der Waals surface area contributed by atoms with E-state index in [1.165, 1.54) is 26.2 Å². The van der Waals surface area contributed by atoms with Crippen molar-refractivity contribution in [3.05, 3.63) is 12.1 Å². The molecule has 120 valence electrons. The number of hydrogen-bond acceptors (Lipinski definition) is 6. The van der Waals surface area contributed by atoms with E-state index in [1.807, 2.05) is 0 Å². The van der Waals surface area contributed by atoms with Crippen molar-refractivity contribution in [3.8, 4) is 17.2 Å². The molecule has 1 aromatic carbocycles. The van der Waals surface area contributed by atoms with Crippen molar-refractivity contribution in [1.82, 2.24) is 4.90 Å². The highest BCUT2D eigenvalue weighted by molar-refractivity contribution is 5.94. The largest absolute Gasteiger partial charge is 0.493 e. The van der Waals surface area contributed by atoms with Crippen LogP contribution in [0.15, 0.2) is 12.1 Å². The van der Waals surface area contributed by atoms with Gasteiger partial charge < -0.3 is 24.3 Å². The standard InChI is InChI=1S/C14H18N2O6/c1-19-10-6-9(7-11(20-2)13(10)21-3)15-12(17)8-16-4-5-22-14(16)18/h6-7H,4-5,8H2,1-3H3,(H,15,17). The number of carbonyl (C=O) groups excluding carboxylic acids is 2. The van der Waals surface area contributed by atoms with Crippen molar-refractivity contribution in [2.24, 2.45) is 0 Å². The summed E-state index contributed by atoms with van der Waals surface area (Å²) in [5.74, 6) is 0.953. The van der Waals surface area contributed by atoms with Gasteiger partial charge in [0.2, 0.25) is 11.7 Å². The van der Waals surface area contributed by atoms with Crippen LogP contribution < -0.4 is 19.5 Å². The van der Waals surface area contributed by atoms with Crippen LogP contribution in [0.2, 0.25) is 0 Å². The molecule has 1 aliphatic heterocycles. The first kappa shape index (κ1) is 15.7. The molecule has 8 heteroatoms.